The van der Waals surface area contributed by atoms with Gasteiger partial charge in [0.15, 0.2) is 0 Å². The van der Waals surface area contributed by atoms with Crippen LogP contribution in [0.3, 0.4) is 0 Å². The van der Waals surface area contributed by atoms with Crippen LogP contribution in [0.2, 0.25) is 0 Å². The smallest absolute Gasteiger partial charge is 0.264 e. The van der Waals surface area contributed by atoms with Crippen molar-refractivity contribution in [2.24, 2.45) is 5.92 Å². The van der Waals surface area contributed by atoms with Crippen molar-refractivity contribution in [1.82, 2.24) is 0 Å². The van der Waals surface area contributed by atoms with Crippen molar-refractivity contribution in [2.45, 2.75) is 12.8 Å². The monoisotopic (exact) mass is 180 g/mol. The molecule has 4 nitrogen and oxygen atoms in total. The Kier molecular flexibility index (Phi) is 2.86. The van der Waals surface area contributed by atoms with Crippen LogP contribution in [-0.2, 0) is 14.9 Å². The van der Waals surface area contributed by atoms with Gasteiger partial charge in [0, 0.05) is 13.2 Å². The van der Waals surface area contributed by atoms with Gasteiger partial charge in [-0.05, 0) is 18.8 Å². The van der Waals surface area contributed by atoms with E-state index in [0.717, 1.165) is 13.0 Å². The van der Waals surface area contributed by atoms with E-state index in [2.05, 4.69) is 0 Å². The highest BCUT2D eigenvalue weighted by atomic mass is 32.2. The van der Waals surface area contributed by atoms with E-state index in [9.17, 15) is 8.42 Å². The Morgan fingerprint density at radius 3 is 2.73 bits per heavy atom. The lowest BCUT2D eigenvalue weighted by atomic mass is 10.1. The molecule has 11 heavy (non-hydrogen) atoms. The molecule has 0 saturated carbocycles. The normalized spacial score (nSPS) is 25.7. The van der Waals surface area contributed by atoms with Gasteiger partial charge in [-0.15, -0.1) is 0 Å². The van der Waals surface area contributed by atoms with Crippen LogP contribution in [-0.4, -0.2) is 31.9 Å². The summed E-state index contributed by atoms with van der Waals surface area (Å²) in [5.74, 6) is 0.179. The first kappa shape index (κ1) is 8.96. The van der Waals surface area contributed by atoms with E-state index >= 15 is 0 Å². The average Bonchev–Trinajstić information content (AvgIpc) is 2.32. The molecule has 1 saturated heterocycles. The van der Waals surface area contributed by atoms with Gasteiger partial charge >= 0.3 is 0 Å². The molecular weight excluding hydrogens is 168 g/mol. The lowest BCUT2D eigenvalue weighted by Crippen LogP contribution is -2.09. The average molecular weight is 180 g/mol. The third kappa shape index (κ3) is 3.69. The third-order valence-corrected chi connectivity index (χ3v) is 2.56. The Morgan fingerprint density at radius 1 is 1.55 bits per heavy atom. The van der Waals surface area contributed by atoms with E-state index < -0.39 is 10.1 Å². The molecule has 1 heterocycles. The zero-order chi connectivity index (χ0) is 8.32. The molecule has 1 fully saturated rings. The third-order valence-electron chi connectivity index (χ3n) is 1.81. The summed E-state index contributed by atoms with van der Waals surface area (Å²) in [6.45, 7) is 1.35. The maximum absolute atomic E-state index is 10.3. The fourth-order valence-corrected chi connectivity index (χ4v) is 1.76. The van der Waals surface area contributed by atoms with E-state index in [4.69, 9.17) is 9.29 Å². The molecule has 0 aromatic rings. The summed E-state index contributed by atoms with van der Waals surface area (Å²) in [5.41, 5.74) is 0. The first-order valence-corrected chi connectivity index (χ1v) is 5.22. The van der Waals surface area contributed by atoms with Gasteiger partial charge in [0.05, 0.1) is 5.75 Å². The Balaban J connectivity index is 2.22. The minimum absolute atomic E-state index is 0.138. The highest BCUT2D eigenvalue weighted by molar-refractivity contribution is 7.85. The van der Waals surface area contributed by atoms with E-state index in [-0.39, 0.29) is 5.75 Å². The molecule has 5 heteroatoms. The van der Waals surface area contributed by atoms with Crippen LogP contribution < -0.4 is 0 Å². The quantitative estimate of drug-likeness (QED) is 0.634. The van der Waals surface area contributed by atoms with Gasteiger partial charge in [-0.1, -0.05) is 0 Å². The first-order chi connectivity index (χ1) is 5.08. The SMILES string of the molecule is O=S(=O)(O)CC[C@H]1CCOC1. The summed E-state index contributed by atoms with van der Waals surface area (Å²) in [5, 5.41) is 0. The first-order valence-electron chi connectivity index (χ1n) is 3.61. The van der Waals surface area contributed by atoms with Crippen molar-refractivity contribution in [2.75, 3.05) is 19.0 Å². The molecule has 0 aromatic carbocycles. The van der Waals surface area contributed by atoms with Gasteiger partial charge in [-0.25, -0.2) is 0 Å². The van der Waals surface area contributed by atoms with E-state index in [1.807, 2.05) is 0 Å². The molecular formula is C6H12O4S. The van der Waals surface area contributed by atoms with Gasteiger partial charge in [0.1, 0.15) is 0 Å². The predicted octanol–water partition coefficient (Wildman–Crippen LogP) is 0.301. The van der Waals surface area contributed by atoms with Crippen LogP contribution in [0, 0.1) is 5.92 Å². The molecule has 1 atom stereocenters. The van der Waals surface area contributed by atoms with Gasteiger partial charge in [0.2, 0.25) is 0 Å². The van der Waals surface area contributed by atoms with Crippen LogP contribution >= 0.6 is 0 Å². The fourth-order valence-electron chi connectivity index (χ4n) is 1.13. The maximum atomic E-state index is 10.3. The second-order valence-corrected chi connectivity index (χ2v) is 4.38. The Morgan fingerprint density at radius 2 is 2.27 bits per heavy atom. The maximum Gasteiger partial charge on any atom is 0.264 e. The van der Waals surface area contributed by atoms with E-state index in [1.54, 1.807) is 0 Å². The summed E-state index contributed by atoms with van der Waals surface area (Å²) < 4.78 is 34.1. The zero-order valence-electron chi connectivity index (χ0n) is 6.19. The topological polar surface area (TPSA) is 63.6 Å². The van der Waals surface area contributed by atoms with Crippen LogP contribution in [0.25, 0.3) is 0 Å². The molecule has 0 bridgehead atoms. The summed E-state index contributed by atoms with van der Waals surface area (Å²) in [7, 11) is -3.77. The minimum Gasteiger partial charge on any atom is -0.381 e. The van der Waals surface area contributed by atoms with Crippen LogP contribution in [0.5, 0.6) is 0 Å². The molecule has 1 aliphatic heterocycles. The number of hydrogen-bond donors (Lipinski definition) is 1. The summed E-state index contributed by atoms with van der Waals surface area (Å²) in [4.78, 5) is 0. The molecule has 66 valence electrons. The summed E-state index contributed by atoms with van der Waals surface area (Å²) >= 11 is 0. The lowest BCUT2D eigenvalue weighted by molar-refractivity contribution is 0.185. The number of hydrogen-bond acceptors (Lipinski definition) is 3. The van der Waals surface area contributed by atoms with Crippen molar-refractivity contribution in [1.29, 1.82) is 0 Å². The van der Waals surface area contributed by atoms with Crippen molar-refractivity contribution in [3.05, 3.63) is 0 Å². The van der Waals surface area contributed by atoms with Crippen LogP contribution in [0.1, 0.15) is 12.8 Å². The zero-order valence-corrected chi connectivity index (χ0v) is 7.01. The second-order valence-electron chi connectivity index (χ2n) is 2.80. The van der Waals surface area contributed by atoms with Gasteiger partial charge in [-0.2, -0.15) is 8.42 Å². The van der Waals surface area contributed by atoms with Crippen molar-refractivity contribution in [3.63, 3.8) is 0 Å². The van der Waals surface area contributed by atoms with E-state index in [1.165, 1.54) is 0 Å². The molecule has 0 aromatic heterocycles. The van der Waals surface area contributed by atoms with Crippen molar-refractivity contribution < 1.29 is 17.7 Å². The van der Waals surface area contributed by atoms with Crippen LogP contribution in [0.15, 0.2) is 0 Å². The highest BCUT2D eigenvalue weighted by Crippen LogP contribution is 2.16. The largest absolute Gasteiger partial charge is 0.381 e. The van der Waals surface area contributed by atoms with Crippen molar-refractivity contribution >= 4 is 10.1 Å². The minimum atomic E-state index is -3.77. The highest BCUT2D eigenvalue weighted by Gasteiger charge is 2.17. The Labute approximate surface area is 66.3 Å². The lowest BCUT2D eigenvalue weighted by Gasteiger charge is -2.03. The van der Waals surface area contributed by atoms with Gasteiger partial charge < -0.3 is 4.74 Å². The second kappa shape index (κ2) is 3.51. The molecule has 0 unspecified atom stereocenters. The van der Waals surface area contributed by atoms with Gasteiger partial charge in [-0.3, -0.25) is 4.55 Å². The molecule has 0 amide bonds. The molecule has 0 spiro atoms. The fraction of sp³-hybridized carbons (Fsp3) is 1.00. The molecule has 1 rings (SSSR count). The molecule has 1 aliphatic rings. The molecule has 1 N–H and O–H groups in total. The summed E-state index contributed by atoms with van der Waals surface area (Å²) in [6.07, 6.45) is 1.42. The molecule has 0 radical (unpaired) electrons. The predicted molar refractivity (Wildman–Crippen MR) is 40.0 cm³/mol. The number of rotatable bonds is 3. The standard InChI is InChI=1S/C6H12O4S/c7-11(8,9)4-2-6-1-3-10-5-6/h6H,1-5H2,(H,7,8,9)/t6-/m1/s1. The van der Waals surface area contributed by atoms with E-state index in [0.29, 0.717) is 18.9 Å². The van der Waals surface area contributed by atoms with Crippen molar-refractivity contribution in [3.8, 4) is 0 Å². The summed E-state index contributed by atoms with van der Waals surface area (Å²) in [6, 6.07) is 0. The Hall–Kier alpha value is -0.130. The molecule has 0 aliphatic carbocycles. The van der Waals surface area contributed by atoms with Gasteiger partial charge in [0.25, 0.3) is 10.1 Å². The Bertz CT molecular complexity index is 203. The van der Waals surface area contributed by atoms with Crippen LogP contribution in [0.4, 0.5) is 0 Å². The number of ether oxygens (including phenoxy) is 1.